The summed E-state index contributed by atoms with van der Waals surface area (Å²) >= 11 is 0. The Bertz CT molecular complexity index is 1470. The summed E-state index contributed by atoms with van der Waals surface area (Å²) in [4.78, 5) is 19.9. The second-order valence-electron chi connectivity index (χ2n) is 7.25. The summed E-state index contributed by atoms with van der Waals surface area (Å²) in [5, 5.41) is 11.9. The van der Waals surface area contributed by atoms with E-state index >= 15 is 0 Å². The molecule has 3 aromatic carbocycles. The van der Waals surface area contributed by atoms with Crippen LogP contribution in [0.4, 0.5) is 17.3 Å². The Morgan fingerprint density at radius 2 is 1.58 bits per heavy atom. The topological polar surface area (TPSA) is 121 Å². The highest BCUT2D eigenvalue weighted by atomic mass is 32.2. The van der Waals surface area contributed by atoms with E-state index in [-0.39, 0.29) is 16.5 Å². The van der Waals surface area contributed by atoms with E-state index in [1.165, 1.54) is 18.2 Å². The maximum Gasteiger partial charge on any atom is 0.328 e. The Morgan fingerprint density at radius 3 is 2.24 bits per heavy atom. The smallest absolute Gasteiger partial charge is 0.328 e. The first kappa shape index (κ1) is 22.0. The quantitative estimate of drug-likeness (QED) is 0.345. The first-order valence-electron chi connectivity index (χ1n) is 9.94. The van der Waals surface area contributed by atoms with Crippen LogP contribution >= 0.6 is 0 Å². The van der Waals surface area contributed by atoms with Crippen LogP contribution in [0.1, 0.15) is 11.1 Å². The number of carboxylic acids is 1. The molecule has 0 aliphatic rings. The van der Waals surface area contributed by atoms with Crippen molar-refractivity contribution in [2.75, 3.05) is 10.0 Å². The highest BCUT2D eigenvalue weighted by molar-refractivity contribution is 7.92. The predicted molar refractivity (Wildman–Crippen MR) is 128 cm³/mol. The molecule has 3 N–H and O–H groups in total. The van der Waals surface area contributed by atoms with Crippen LogP contribution < -0.4 is 10.0 Å². The van der Waals surface area contributed by atoms with Gasteiger partial charge in [0.1, 0.15) is 0 Å². The lowest BCUT2D eigenvalue weighted by Crippen LogP contribution is -2.16. The first-order valence-corrected chi connectivity index (χ1v) is 11.4. The lowest BCUT2D eigenvalue weighted by atomic mass is 10.2. The molecule has 4 rings (SSSR count). The number of para-hydroxylation sites is 2. The van der Waals surface area contributed by atoms with Gasteiger partial charge in [-0.15, -0.1) is 0 Å². The second-order valence-corrected chi connectivity index (χ2v) is 8.93. The number of carboxylic acid groups (broad SMARTS) is 1. The molecule has 0 bridgehead atoms. The third kappa shape index (κ3) is 5.34. The van der Waals surface area contributed by atoms with Gasteiger partial charge in [-0.05, 0) is 55.0 Å². The number of aliphatic carboxylic acids is 1. The Hall–Kier alpha value is -4.24. The van der Waals surface area contributed by atoms with Gasteiger partial charge in [0.05, 0.1) is 15.9 Å². The van der Waals surface area contributed by atoms with E-state index in [2.05, 4.69) is 20.0 Å². The van der Waals surface area contributed by atoms with Crippen molar-refractivity contribution in [1.82, 2.24) is 9.97 Å². The number of aromatic nitrogens is 2. The SMILES string of the molecule is Cc1ccc(S(=O)(=O)Nc2nc3ccccc3nc2Nc2cccc(C=CC(=O)O)c2)cc1. The zero-order chi connectivity index (χ0) is 23.4. The molecule has 1 aromatic heterocycles. The van der Waals surface area contributed by atoms with Gasteiger partial charge in [0, 0.05) is 11.8 Å². The van der Waals surface area contributed by atoms with E-state index in [1.807, 2.05) is 13.0 Å². The van der Waals surface area contributed by atoms with Gasteiger partial charge in [-0.2, -0.15) is 0 Å². The summed E-state index contributed by atoms with van der Waals surface area (Å²) in [5.74, 6) is -0.800. The number of benzene rings is 3. The first-order chi connectivity index (χ1) is 15.8. The van der Waals surface area contributed by atoms with Gasteiger partial charge >= 0.3 is 5.97 Å². The number of hydrogen-bond acceptors (Lipinski definition) is 6. The molecule has 0 atom stereocenters. The fourth-order valence-electron chi connectivity index (χ4n) is 3.09. The highest BCUT2D eigenvalue weighted by Crippen LogP contribution is 2.27. The van der Waals surface area contributed by atoms with Crippen LogP contribution in [0.25, 0.3) is 17.1 Å². The summed E-state index contributed by atoms with van der Waals surface area (Å²) in [6.07, 6.45) is 2.50. The van der Waals surface area contributed by atoms with Crippen molar-refractivity contribution >= 4 is 50.4 Å². The summed E-state index contributed by atoms with van der Waals surface area (Å²) in [7, 11) is -3.91. The fraction of sp³-hybridized carbons (Fsp3) is 0.0417. The fourth-order valence-corrected chi connectivity index (χ4v) is 4.10. The van der Waals surface area contributed by atoms with Crippen molar-refractivity contribution in [2.24, 2.45) is 0 Å². The largest absolute Gasteiger partial charge is 0.478 e. The highest BCUT2D eigenvalue weighted by Gasteiger charge is 2.19. The van der Waals surface area contributed by atoms with Crippen LogP contribution in [0.5, 0.6) is 0 Å². The number of hydrogen-bond donors (Lipinski definition) is 3. The van der Waals surface area contributed by atoms with Crippen LogP contribution in [0, 0.1) is 6.92 Å². The summed E-state index contributed by atoms with van der Waals surface area (Å²) < 4.78 is 28.5. The number of anilines is 3. The Balaban J connectivity index is 1.73. The normalized spacial score (nSPS) is 11.5. The molecule has 0 aliphatic carbocycles. The van der Waals surface area contributed by atoms with E-state index in [0.717, 1.165) is 11.6 Å². The maximum absolute atomic E-state index is 13.0. The molecule has 0 saturated carbocycles. The van der Waals surface area contributed by atoms with Gasteiger partial charge in [-0.25, -0.2) is 23.2 Å². The average molecular weight is 461 g/mol. The Morgan fingerprint density at radius 1 is 0.909 bits per heavy atom. The minimum Gasteiger partial charge on any atom is -0.478 e. The molecule has 0 amide bonds. The molecule has 0 spiro atoms. The number of nitrogens with zero attached hydrogens (tertiary/aromatic N) is 2. The number of fused-ring (bicyclic) bond motifs is 1. The molecule has 0 unspecified atom stereocenters. The van der Waals surface area contributed by atoms with Gasteiger partial charge in [-0.1, -0.05) is 42.0 Å². The van der Waals surface area contributed by atoms with Gasteiger partial charge < -0.3 is 10.4 Å². The van der Waals surface area contributed by atoms with Crippen molar-refractivity contribution < 1.29 is 18.3 Å². The van der Waals surface area contributed by atoms with Crippen LogP contribution in [-0.4, -0.2) is 29.5 Å². The van der Waals surface area contributed by atoms with Gasteiger partial charge in [-0.3, -0.25) is 4.72 Å². The number of sulfonamides is 1. The van der Waals surface area contributed by atoms with Crippen molar-refractivity contribution in [1.29, 1.82) is 0 Å². The van der Waals surface area contributed by atoms with Crippen LogP contribution in [-0.2, 0) is 14.8 Å². The number of carbonyl (C=O) groups is 1. The van der Waals surface area contributed by atoms with Crippen molar-refractivity contribution in [3.05, 3.63) is 90.0 Å². The van der Waals surface area contributed by atoms with E-state index in [4.69, 9.17) is 5.11 Å². The zero-order valence-electron chi connectivity index (χ0n) is 17.6. The Kier molecular flexibility index (Phi) is 6.05. The lowest BCUT2D eigenvalue weighted by Gasteiger charge is -2.14. The molecule has 0 saturated heterocycles. The molecule has 0 radical (unpaired) electrons. The molecular weight excluding hydrogens is 440 g/mol. The summed E-state index contributed by atoms with van der Waals surface area (Å²) in [6, 6.07) is 20.6. The van der Waals surface area contributed by atoms with Crippen LogP contribution in [0.3, 0.4) is 0 Å². The monoisotopic (exact) mass is 460 g/mol. The summed E-state index contributed by atoms with van der Waals surface area (Å²) in [6.45, 7) is 1.88. The van der Waals surface area contributed by atoms with Crippen molar-refractivity contribution in [3.8, 4) is 0 Å². The van der Waals surface area contributed by atoms with E-state index < -0.39 is 16.0 Å². The third-order valence-corrected chi connectivity index (χ3v) is 6.06. The summed E-state index contributed by atoms with van der Waals surface area (Å²) in [5.41, 5.74) is 3.29. The molecule has 0 aliphatic heterocycles. The molecule has 1 heterocycles. The molecule has 8 nitrogen and oxygen atoms in total. The number of nitrogens with one attached hydrogen (secondary N) is 2. The van der Waals surface area contributed by atoms with Crippen LogP contribution in [0.2, 0.25) is 0 Å². The van der Waals surface area contributed by atoms with Crippen molar-refractivity contribution in [3.63, 3.8) is 0 Å². The lowest BCUT2D eigenvalue weighted by molar-refractivity contribution is -0.131. The van der Waals surface area contributed by atoms with E-state index in [1.54, 1.807) is 54.6 Å². The van der Waals surface area contributed by atoms with E-state index in [0.29, 0.717) is 22.3 Å². The molecular formula is C24H20N4O4S. The predicted octanol–water partition coefficient (Wildman–Crippen LogP) is 4.58. The number of aryl methyl sites for hydroxylation is 1. The third-order valence-electron chi connectivity index (χ3n) is 4.70. The molecule has 9 heteroatoms. The van der Waals surface area contributed by atoms with E-state index in [9.17, 15) is 13.2 Å². The van der Waals surface area contributed by atoms with Crippen LogP contribution in [0.15, 0.2) is 83.8 Å². The number of rotatable bonds is 7. The molecule has 4 aromatic rings. The second kappa shape index (κ2) is 9.09. The minimum atomic E-state index is -3.91. The van der Waals surface area contributed by atoms with Crippen molar-refractivity contribution in [2.45, 2.75) is 11.8 Å². The van der Waals surface area contributed by atoms with Gasteiger partial charge in [0.2, 0.25) is 0 Å². The van der Waals surface area contributed by atoms with Gasteiger partial charge in [0.25, 0.3) is 10.0 Å². The molecule has 0 fully saturated rings. The minimum absolute atomic E-state index is 0.0424. The van der Waals surface area contributed by atoms with Gasteiger partial charge in [0.15, 0.2) is 11.6 Å². The maximum atomic E-state index is 13.0. The Labute approximate surface area is 190 Å². The zero-order valence-corrected chi connectivity index (χ0v) is 18.4. The molecule has 33 heavy (non-hydrogen) atoms. The standard InChI is InChI=1S/C24H20N4O4S/c1-16-9-12-19(13-10-16)33(31,32)28-24-23(26-20-7-2-3-8-21(20)27-24)25-18-6-4-5-17(15-18)11-14-22(29)30/h2-15H,1H3,(H,25,26)(H,27,28)(H,29,30). The molecule has 166 valence electrons. The average Bonchev–Trinajstić information content (AvgIpc) is 2.78.